The number of benzene rings is 1. The van der Waals surface area contributed by atoms with Crippen LogP contribution in [0.1, 0.15) is 18.4 Å². The van der Waals surface area contributed by atoms with Gasteiger partial charge in [-0.1, -0.05) is 12.1 Å². The van der Waals surface area contributed by atoms with Crippen LogP contribution in [-0.4, -0.2) is 47.4 Å². The van der Waals surface area contributed by atoms with Crippen molar-refractivity contribution < 1.29 is 9.59 Å². The number of rotatable bonds is 2. The molecule has 1 aromatic carbocycles. The van der Waals surface area contributed by atoms with Crippen LogP contribution in [0.4, 0.5) is 10.5 Å². The van der Waals surface area contributed by atoms with Gasteiger partial charge in [0.25, 0.3) is 0 Å². The number of nitrogens with two attached hydrogens (primary N) is 1. The summed E-state index contributed by atoms with van der Waals surface area (Å²) in [5, 5.41) is 2.91. The molecule has 112 valence electrons. The SMILES string of the molecule is NCc1cccc(NC(=O)N2CCN3C(=O)CCC3C2)c1. The number of carbonyl (C=O) groups excluding carboxylic acids is 2. The fourth-order valence-corrected chi connectivity index (χ4v) is 3.03. The molecule has 0 aliphatic carbocycles. The van der Waals surface area contributed by atoms with Gasteiger partial charge in [0.05, 0.1) is 0 Å². The van der Waals surface area contributed by atoms with Crippen LogP contribution in [0.5, 0.6) is 0 Å². The Labute approximate surface area is 123 Å². The number of fused-ring (bicyclic) bond motifs is 1. The highest BCUT2D eigenvalue weighted by Crippen LogP contribution is 2.23. The van der Waals surface area contributed by atoms with Crippen molar-refractivity contribution in [3.63, 3.8) is 0 Å². The number of hydrogen-bond acceptors (Lipinski definition) is 3. The Kier molecular flexibility index (Phi) is 3.79. The molecular formula is C15H20N4O2. The summed E-state index contributed by atoms with van der Waals surface area (Å²) < 4.78 is 0. The van der Waals surface area contributed by atoms with Crippen LogP contribution >= 0.6 is 0 Å². The van der Waals surface area contributed by atoms with Crippen LogP contribution in [0.15, 0.2) is 24.3 Å². The maximum atomic E-state index is 12.3. The zero-order valence-electron chi connectivity index (χ0n) is 11.9. The summed E-state index contributed by atoms with van der Waals surface area (Å²) in [7, 11) is 0. The number of piperazine rings is 1. The summed E-state index contributed by atoms with van der Waals surface area (Å²) >= 11 is 0. The largest absolute Gasteiger partial charge is 0.336 e. The summed E-state index contributed by atoms with van der Waals surface area (Å²) in [6.07, 6.45) is 1.46. The zero-order chi connectivity index (χ0) is 14.8. The van der Waals surface area contributed by atoms with E-state index in [2.05, 4.69) is 5.32 Å². The lowest BCUT2D eigenvalue weighted by molar-refractivity contribution is -0.130. The van der Waals surface area contributed by atoms with Crippen molar-refractivity contribution in [3.05, 3.63) is 29.8 Å². The predicted octanol–water partition coefficient (Wildman–Crippen LogP) is 0.984. The minimum atomic E-state index is -0.108. The van der Waals surface area contributed by atoms with Gasteiger partial charge in [-0.25, -0.2) is 4.79 Å². The van der Waals surface area contributed by atoms with Gasteiger partial charge in [0.2, 0.25) is 5.91 Å². The van der Waals surface area contributed by atoms with Gasteiger partial charge in [-0.3, -0.25) is 4.79 Å². The Morgan fingerprint density at radius 1 is 1.38 bits per heavy atom. The van der Waals surface area contributed by atoms with Gasteiger partial charge in [0.1, 0.15) is 0 Å². The number of nitrogens with zero attached hydrogens (tertiary/aromatic N) is 2. The van der Waals surface area contributed by atoms with Crippen LogP contribution in [-0.2, 0) is 11.3 Å². The molecule has 3 rings (SSSR count). The second kappa shape index (κ2) is 5.73. The summed E-state index contributed by atoms with van der Waals surface area (Å²) in [6, 6.07) is 7.62. The number of urea groups is 1. The van der Waals surface area contributed by atoms with Crippen LogP contribution < -0.4 is 11.1 Å². The Morgan fingerprint density at radius 2 is 2.24 bits per heavy atom. The van der Waals surface area contributed by atoms with Crippen molar-refractivity contribution in [2.24, 2.45) is 5.73 Å². The molecule has 1 aromatic rings. The van der Waals surface area contributed by atoms with Crippen molar-refractivity contribution in [3.8, 4) is 0 Å². The molecule has 2 saturated heterocycles. The molecule has 0 aromatic heterocycles. The van der Waals surface area contributed by atoms with Gasteiger partial charge in [-0.15, -0.1) is 0 Å². The standard InChI is InChI=1S/C15H20N4O2/c16-9-11-2-1-3-12(8-11)17-15(21)18-6-7-19-13(10-18)4-5-14(19)20/h1-3,8,13H,4-7,9-10,16H2,(H,17,21). The van der Waals surface area contributed by atoms with Crippen molar-refractivity contribution >= 4 is 17.6 Å². The van der Waals surface area contributed by atoms with E-state index in [-0.39, 0.29) is 18.0 Å². The van der Waals surface area contributed by atoms with Gasteiger partial charge >= 0.3 is 6.03 Å². The maximum Gasteiger partial charge on any atom is 0.321 e. The second-order valence-corrected chi connectivity index (χ2v) is 5.56. The summed E-state index contributed by atoms with van der Waals surface area (Å²) in [5.41, 5.74) is 7.35. The molecule has 2 aliphatic rings. The quantitative estimate of drug-likeness (QED) is 0.851. The van der Waals surface area contributed by atoms with E-state index in [9.17, 15) is 9.59 Å². The van der Waals surface area contributed by atoms with Crippen molar-refractivity contribution in [1.29, 1.82) is 0 Å². The van der Waals surface area contributed by atoms with Crippen molar-refractivity contribution in [2.45, 2.75) is 25.4 Å². The normalized spacial score (nSPS) is 21.4. The number of carbonyl (C=O) groups is 2. The monoisotopic (exact) mass is 288 g/mol. The lowest BCUT2D eigenvalue weighted by Gasteiger charge is -2.37. The molecule has 1 atom stereocenters. The average Bonchev–Trinajstić information content (AvgIpc) is 2.88. The molecule has 2 heterocycles. The molecule has 6 nitrogen and oxygen atoms in total. The molecule has 21 heavy (non-hydrogen) atoms. The first-order valence-corrected chi connectivity index (χ1v) is 7.32. The number of hydrogen-bond donors (Lipinski definition) is 2. The lowest BCUT2D eigenvalue weighted by Crippen LogP contribution is -2.54. The molecule has 0 saturated carbocycles. The summed E-state index contributed by atoms with van der Waals surface area (Å²) in [4.78, 5) is 27.6. The fraction of sp³-hybridized carbons (Fsp3) is 0.467. The van der Waals surface area contributed by atoms with Gasteiger partial charge in [0.15, 0.2) is 0 Å². The molecular weight excluding hydrogens is 268 g/mol. The zero-order valence-corrected chi connectivity index (χ0v) is 11.9. The van der Waals surface area contributed by atoms with E-state index in [1.807, 2.05) is 29.2 Å². The summed E-state index contributed by atoms with van der Waals surface area (Å²) in [6.45, 7) is 2.30. The molecule has 0 bridgehead atoms. The molecule has 6 heteroatoms. The lowest BCUT2D eigenvalue weighted by atomic mass is 10.1. The molecule has 1 unspecified atom stereocenters. The van der Waals surface area contributed by atoms with E-state index < -0.39 is 0 Å². The number of anilines is 1. The minimum absolute atomic E-state index is 0.108. The average molecular weight is 288 g/mol. The van der Waals surface area contributed by atoms with E-state index in [4.69, 9.17) is 5.73 Å². The van der Waals surface area contributed by atoms with E-state index in [0.717, 1.165) is 17.7 Å². The van der Waals surface area contributed by atoms with Gasteiger partial charge in [0, 0.05) is 44.3 Å². The van der Waals surface area contributed by atoms with E-state index >= 15 is 0 Å². The van der Waals surface area contributed by atoms with E-state index in [1.165, 1.54) is 0 Å². The Balaban J connectivity index is 1.62. The van der Waals surface area contributed by atoms with Crippen LogP contribution in [0, 0.1) is 0 Å². The smallest absolute Gasteiger partial charge is 0.321 e. The molecule has 0 radical (unpaired) electrons. The van der Waals surface area contributed by atoms with Crippen LogP contribution in [0.2, 0.25) is 0 Å². The van der Waals surface area contributed by atoms with Crippen LogP contribution in [0.25, 0.3) is 0 Å². The van der Waals surface area contributed by atoms with Crippen LogP contribution in [0.3, 0.4) is 0 Å². The molecule has 3 amide bonds. The molecule has 0 spiro atoms. The summed E-state index contributed by atoms with van der Waals surface area (Å²) in [5.74, 6) is 0.218. The molecule has 2 fully saturated rings. The highest BCUT2D eigenvalue weighted by Gasteiger charge is 2.36. The van der Waals surface area contributed by atoms with Crippen molar-refractivity contribution in [1.82, 2.24) is 9.80 Å². The Bertz CT molecular complexity index is 560. The first-order chi connectivity index (χ1) is 10.2. The maximum absolute atomic E-state index is 12.3. The first-order valence-electron chi connectivity index (χ1n) is 7.32. The van der Waals surface area contributed by atoms with Gasteiger partial charge in [-0.2, -0.15) is 0 Å². The Hall–Kier alpha value is -2.08. The Morgan fingerprint density at radius 3 is 3.05 bits per heavy atom. The molecule has 2 aliphatic heterocycles. The predicted molar refractivity (Wildman–Crippen MR) is 79.7 cm³/mol. The second-order valence-electron chi connectivity index (χ2n) is 5.56. The van der Waals surface area contributed by atoms with E-state index in [0.29, 0.717) is 32.6 Å². The van der Waals surface area contributed by atoms with Gasteiger partial charge < -0.3 is 20.9 Å². The fourth-order valence-electron chi connectivity index (χ4n) is 3.03. The highest BCUT2D eigenvalue weighted by molar-refractivity contribution is 5.90. The number of nitrogens with one attached hydrogen (secondary N) is 1. The topological polar surface area (TPSA) is 78.7 Å². The van der Waals surface area contributed by atoms with Crippen molar-refractivity contribution in [2.75, 3.05) is 25.0 Å². The minimum Gasteiger partial charge on any atom is -0.336 e. The third-order valence-corrected chi connectivity index (χ3v) is 4.20. The van der Waals surface area contributed by atoms with Gasteiger partial charge in [-0.05, 0) is 24.1 Å². The first kappa shape index (κ1) is 13.9. The highest BCUT2D eigenvalue weighted by atomic mass is 16.2. The molecule has 3 N–H and O–H groups in total. The third kappa shape index (κ3) is 2.85. The third-order valence-electron chi connectivity index (χ3n) is 4.20. The number of amides is 3. The van der Waals surface area contributed by atoms with E-state index in [1.54, 1.807) is 4.90 Å².